The highest BCUT2D eigenvalue weighted by Gasteiger charge is 2.26. The summed E-state index contributed by atoms with van der Waals surface area (Å²) in [4.78, 5) is 16.7. The maximum atomic E-state index is 12.7. The van der Waals surface area contributed by atoms with Gasteiger partial charge in [-0.1, -0.05) is 19.1 Å². The smallest absolute Gasteiger partial charge is 0.289 e. The van der Waals surface area contributed by atoms with E-state index in [0.717, 1.165) is 19.6 Å². The van der Waals surface area contributed by atoms with Gasteiger partial charge in [0.05, 0.1) is 7.11 Å². The van der Waals surface area contributed by atoms with Gasteiger partial charge in [0, 0.05) is 26.2 Å². The Kier molecular flexibility index (Phi) is 5.86. The minimum absolute atomic E-state index is 0.104. The number of benzene rings is 1. The van der Waals surface area contributed by atoms with Crippen LogP contribution in [-0.4, -0.2) is 64.0 Å². The molecule has 3 rings (SSSR count). The standard InChI is InChI=1S/C19H24N2O5S/c1-3-20-10-12-21(13-11-20)19(22)17-9-8-15(26-17)14-27(23,24)18-7-5-4-6-16(18)25-2/h4-9H,3,10-14H2,1-2H3. The summed E-state index contributed by atoms with van der Waals surface area (Å²) in [5, 5.41) is 0. The van der Waals surface area contributed by atoms with Crippen molar-refractivity contribution in [3.8, 4) is 5.75 Å². The molecule has 1 aromatic carbocycles. The molecule has 2 heterocycles. The van der Waals surface area contributed by atoms with Gasteiger partial charge in [-0.3, -0.25) is 4.79 Å². The summed E-state index contributed by atoms with van der Waals surface area (Å²) in [6.45, 7) is 6.01. The van der Waals surface area contributed by atoms with Crippen LogP contribution < -0.4 is 4.74 Å². The third kappa shape index (κ3) is 4.33. The lowest BCUT2D eigenvalue weighted by Gasteiger charge is -2.33. The molecule has 1 aromatic heterocycles. The Morgan fingerprint density at radius 1 is 1.11 bits per heavy atom. The molecule has 0 N–H and O–H groups in total. The second kappa shape index (κ2) is 8.14. The fourth-order valence-electron chi connectivity index (χ4n) is 3.13. The SMILES string of the molecule is CCN1CCN(C(=O)c2ccc(CS(=O)(=O)c3ccccc3OC)o2)CC1. The fraction of sp³-hybridized carbons (Fsp3) is 0.421. The van der Waals surface area contributed by atoms with E-state index in [0.29, 0.717) is 13.1 Å². The largest absolute Gasteiger partial charge is 0.495 e. The van der Waals surface area contributed by atoms with E-state index in [-0.39, 0.29) is 33.8 Å². The van der Waals surface area contributed by atoms with Crippen LogP contribution in [0.25, 0.3) is 0 Å². The second-order valence-corrected chi connectivity index (χ2v) is 8.36. The van der Waals surface area contributed by atoms with E-state index in [1.807, 2.05) is 0 Å². The van der Waals surface area contributed by atoms with Gasteiger partial charge in [0.25, 0.3) is 5.91 Å². The van der Waals surface area contributed by atoms with Gasteiger partial charge in [0.2, 0.25) is 0 Å². The van der Waals surface area contributed by atoms with Crippen molar-refractivity contribution in [2.75, 3.05) is 39.8 Å². The number of carbonyl (C=O) groups excluding carboxylic acids is 1. The van der Waals surface area contributed by atoms with E-state index >= 15 is 0 Å². The molecule has 7 nitrogen and oxygen atoms in total. The lowest BCUT2D eigenvalue weighted by Crippen LogP contribution is -2.48. The molecule has 0 saturated carbocycles. The summed E-state index contributed by atoms with van der Waals surface area (Å²) in [7, 11) is -2.23. The number of amides is 1. The first kappa shape index (κ1) is 19.4. The van der Waals surface area contributed by atoms with E-state index < -0.39 is 9.84 Å². The number of rotatable bonds is 6. The summed E-state index contributed by atoms with van der Waals surface area (Å²) < 4.78 is 36.1. The topological polar surface area (TPSA) is 80.1 Å². The van der Waals surface area contributed by atoms with E-state index in [2.05, 4.69) is 11.8 Å². The minimum Gasteiger partial charge on any atom is -0.495 e. The lowest BCUT2D eigenvalue weighted by molar-refractivity contribution is 0.0611. The highest BCUT2D eigenvalue weighted by atomic mass is 32.2. The summed E-state index contributed by atoms with van der Waals surface area (Å²) >= 11 is 0. The van der Waals surface area contributed by atoms with Crippen molar-refractivity contribution in [3.63, 3.8) is 0 Å². The van der Waals surface area contributed by atoms with Gasteiger partial charge < -0.3 is 19.0 Å². The predicted octanol–water partition coefficient (Wildman–Crippen LogP) is 2.04. The van der Waals surface area contributed by atoms with Crippen molar-refractivity contribution >= 4 is 15.7 Å². The molecular weight excluding hydrogens is 368 g/mol. The number of furan rings is 1. The van der Waals surface area contributed by atoms with Crippen LogP contribution >= 0.6 is 0 Å². The van der Waals surface area contributed by atoms with E-state index in [1.54, 1.807) is 35.2 Å². The van der Waals surface area contributed by atoms with E-state index in [1.165, 1.54) is 13.2 Å². The molecule has 27 heavy (non-hydrogen) atoms. The van der Waals surface area contributed by atoms with Crippen LogP contribution in [0.5, 0.6) is 5.75 Å². The van der Waals surface area contributed by atoms with Crippen LogP contribution in [0.3, 0.4) is 0 Å². The number of nitrogens with zero attached hydrogens (tertiary/aromatic N) is 2. The number of likely N-dealkylation sites (N-methyl/N-ethyl adjacent to an activating group) is 1. The zero-order chi connectivity index (χ0) is 19.4. The Morgan fingerprint density at radius 3 is 2.48 bits per heavy atom. The average Bonchev–Trinajstić information content (AvgIpc) is 3.15. The van der Waals surface area contributed by atoms with Gasteiger partial charge in [-0.2, -0.15) is 0 Å². The number of ether oxygens (including phenoxy) is 1. The summed E-state index contributed by atoms with van der Waals surface area (Å²) in [6.07, 6.45) is 0. The van der Waals surface area contributed by atoms with Gasteiger partial charge in [0.15, 0.2) is 15.6 Å². The number of piperazine rings is 1. The monoisotopic (exact) mass is 392 g/mol. The molecule has 0 unspecified atom stereocenters. The molecular formula is C19H24N2O5S. The zero-order valence-electron chi connectivity index (χ0n) is 15.6. The van der Waals surface area contributed by atoms with Crippen LogP contribution in [0.1, 0.15) is 23.2 Å². The van der Waals surface area contributed by atoms with Crippen molar-refractivity contribution in [1.82, 2.24) is 9.80 Å². The molecule has 0 bridgehead atoms. The third-order valence-corrected chi connectivity index (χ3v) is 6.39. The van der Waals surface area contributed by atoms with Crippen LogP contribution in [0, 0.1) is 0 Å². The number of hydrogen-bond donors (Lipinski definition) is 0. The van der Waals surface area contributed by atoms with Crippen LogP contribution in [0.15, 0.2) is 45.7 Å². The highest BCUT2D eigenvalue weighted by Crippen LogP contribution is 2.27. The first-order chi connectivity index (χ1) is 12.9. The van der Waals surface area contributed by atoms with Gasteiger partial charge in [0.1, 0.15) is 22.2 Å². The summed E-state index contributed by atoms with van der Waals surface area (Å²) in [5.41, 5.74) is 0. The lowest BCUT2D eigenvalue weighted by atomic mass is 10.3. The first-order valence-corrected chi connectivity index (χ1v) is 10.6. The van der Waals surface area contributed by atoms with Crippen molar-refractivity contribution < 1.29 is 22.4 Å². The minimum atomic E-state index is -3.65. The Morgan fingerprint density at radius 2 is 1.81 bits per heavy atom. The molecule has 1 aliphatic heterocycles. The van der Waals surface area contributed by atoms with Gasteiger partial charge in [-0.25, -0.2) is 8.42 Å². The maximum Gasteiger partial charge on any atom is 0.289 e. The Hall–Kier alpha value is -2.32. The second-order valence-electron chi connectivity index (χ2n) is 6.40. The summed E-state index contributed by atoms with van der Waals surface area (Å²) in [6, 6.07) is 9.53. The number of methoxy groups -OCH3 is 1. The van der Waals surface area contributed by atoms with Gasteiger partial charge in [-0.05, 0) is 30.8 Å². The van der Waals surface area contributed by atoms with Crippen molar-refractivity contribution in [2.24, 2.45) is 0 Å². The molecule has 1 saturated heterocycles. The number of hydrogen-bond acceptors (Lipinski definition) is 6. The molecule has 2 aromatic rings. The predicted molar refractivity (Wildman–Crippen MR) is 101 cm³/mol. The molecule has 146 valence electrons. The average molecular weight is 392 g/mol. The molecule has 8 heteroatoms. The Bertz CT molecular complexity index is 898. The molecule has 1 aliphatic rings. The number of para-hydroxylation sites is 1. The molecule has 0 spiro atoms. The van der Waals surface area contributed by atoms with Crippen LogP contribution in [0.2, 0.25) is 0 Å². The fourth-order valence-corrected chi connectivity index (χ4v) is 4.56. The number of sulfone groups is 1. The highest BCUT2D eigenvalue weighted by molar-refractivity contribution is 7.90. The molecule has 1 amide bonds. The van der Waals surface area contributed by atoms with E-state index in [4.69, 9.17) is 9.15 Å². The quantitative estimate of drug-likeness (QED) is 0.748. The Labute approximate surface area is 159 Å². The molecule has 0 aliphatic carbocycles. The van der Waals surface area contributed by atoms with Crippen LogP contribution in [-0.2, 0) is 15.6 Å². The molecule has 1 fully saturated rings. The van der Waals surface area contributed by atoms with Gasteiger partial charge in [-0.15, -0.1) is 0 Å². The van der Waals surface area contributed by atoms with Crippen LogP contribution in [0.4, 0.5) is 0 Å². The molecule has 0 radical (unpaired) electrons. The third-order valence-electron chi connectivity index (χ3n) is 4.72. The van der Waals surface area contributed by atoms with Gasteiger partial charge >= 0.3 is 0 Å². The zero-order valence-corrected chi connectivity index (χ0v) is 16.4. The first-order valence-electron chi connectivity index (χ1n) is 8.90. The molecule has 0 atom stereocenters. The van der Waals surface area contributed by atoms with E-state index in [9.17, 15) is 13.2 Å². The van der Waals surface area contributed by atoms with Crippen molar-refractivity contribution in [1.29, 1.82) is 0 Å². The van der Waals surface area contributed by atoms with Crippen molar-refractivity contribution in [3.05, 3.63) is 47.9 Å². The van der Waals surface area contributed by atoms with Crippen molar-refractivity contribution in [2.45, 2.75) is 17.6 Å². The number of carbonyl (C=O) groups is 1. The maximum absolute atomic E-state index is 12.7. The summed E-state index contributed by atoms with van der Waals surface area (Å²) in [5.74, 6) is 0.159. The Balaban J connectivity index is 1.71. The normalized spacial score (nSPS) is 15.7.